The van der Waals surface area contributed by atoms with E-state index in [9.17, 15) is 24.0 Å². The number of anilines is 1. The van der Waals surface area contributed by atoms with Gasteiger partial charge in [0.2, 0.25) is 17.7 Å². The van der Waals surface area contributed by atoms with Crippen molar-refractivity contribution in [2.24, 2.45) is 5.41 Å². The summed E-state index contributed by atoms with van der Waals surface area (Å²) in [5, 5.41) is 5.50. The highest BCUT2D eigenvalue weighted by atomic mass is 16.6. The first-order chi connectivity index (χ1) is 18.9. The number of nitrogens with zero attached hydrogens (tertiary/aromatic N) is 3. The SMILES string of the molecule is Cc1nc2c(NC(=O)CCC34CCC(CC3)N(C(=O)OC(C)(C)C)C4)cccc2c(=O)n1C1CCC(=O)NC1=O. The van der Waals surface area contributed by atoms with Gasteiger partial charge in [0.15, 0.2) is 0 Å². The molecule has 0 radical (unpaired) electrons. The molecule has 2 N–H and O–H groups in total. The molecule has 40 heavy (non-hydrogen) atoms. The third kappa shape index (κ3) is 5.46. The Bertz CT molecular complexity index is 1430. The van der Waals surface area contributed by atoms with Gasteiger partial charge in [0, 0.05) is 25.4 Å². The van der Waals surface area contributed by atoms with E-state index >= 15 is 0 Å². The number of imide groups is 1. The van der Waals surface area contributed by atoms with Crippen molar-refractivity contribution in [2.75, 3.05) is 11.9 Å². The summed E-state index contributed by atoms with van der Waals surface area (Å²) in [7, 11) is 0. The Hall–Kier alpha value is -3.76. The molecule has 11 nitrogen and oxygen atoms in total. The lowest BCUT2D eigenvalue weighted by atomic mass is 9.65. The van der Waals surface area contributed by atoms with Gasteiger partial charge in [-0.15, -0.1) is 0 Å². The van der Waals surface area contributed by atoms with Crippen LogP contribution in [-0.4, -0.2) is 56.5 Å². The molecule has 4 aliphatic rings. The molecule has 4 fully saturated rings. The average molecular weight is 552 g/mol. The summed E-state index contributed by atoms with van der Waals surface area (Å²) < 4.78 is 6.96. The van der Waals surface area contributed by atoms with Gasteiger partial charge < -0.3 is 15.0 Å². The fourth-order valence-electron chi connectivity index (χ4n) is 6.36. The number of carbonyl (C=O) groups is 4. The summed E-state index contributed by atoms with van der Waals surface area (Å²) in [6.07, 6.45) is 4.76. The highest BCUT2D eigenvalue weighted by Gasteiger charge is 2.47. The van der Waals surface area contributed by atoms with Crippen molar-refractivity contribution < 1.29 is 23.9 Å². The van der Waals surface area contributed by atoms with Crippen LogP contribution in [0.5, 0.6) is 0 Å². The molecule has 214 valence electrons. The van der Waals surface area contributed by atoms with Crippen LogP contribution in [0.2, 0.25) is 0 Å². The average Bonchev–Trinajstić information content (AvgIpc) is 2.89. The molecule has 1 aliphatic carbocycles. The lowest BCUT2D eigenvalue weighted by Crippen LogP contribution is -2.57. The number of amides is 4. The van der Waals surface area contributed by atoms with E-state index in [1.807, 2.05) is 25.7 Å². The van der Waals surface area contributed by atoms with Crippen molar-refractivity contribution in [3.63, 3.8) is 0 Å². The molecule has 1 aromatic carbocycles. The van der Waals surface area contributed by atoms with Crippen LogP contribution in [0.3, 0.4) is 0 Å². The fourth-order valence-corrected chi connectivity index (χ4v) is 6.36. The highest BCUT2D eigenvalue weighted by Crippen LogP contribution is 2.48. The predicted molar refractivity (Wildman–Crippen MR) is 148 cm³/mol. The zero-order chi connectivity index (χ0) is 28.8. The van der Waals surface area contributed by atoms with Crippen LogP contribution in [0.15, 0.2) is 23.0 Å². The monoisotopic (exact) mass is 551 g/mol. The van der Waals surface area contributed by atoms with Gasteiger partial charge in [-0.1, -0.05) is 6.07 Å². The third-order valence-electron chi connectivity index (χ3n) is 8.38. The van der Waals surface area contributed by atoms with Gasteiger partial charge in [0.05, 0.1) is 11.1 Å². The Balaban J connectivity index is 1.30. The van der Waals surface area contributed by atoms with Crippen LogP contribution in [-0.2, 0) is 19.1 Å². The van der Waals surface area contributed by atoms with E-state index in [0.29, 0.717) is 30.0 Å². The maximum atomic E-state index is 13.4. The molecule has 3 aliphatic heterocycles. The maximum absolute atomic E-state index is 13.4. The minimum absolute atomic E-state index is 0.119. The number of rotatable bonds is 5. The maximum Gasteiger partial charge on any atom is 0.410 e. The number of benzene rings is 1. The van der Waals surface area contributed by atoms with Gasteiger partial charge in [-0.25, -0.2) is 9.78 Å². The Labute approximate surface area is 232 Å². The number of hydrogen-bond donors (Lipinski definition) is 2. The summed E-state index contributed by atoms with van der Waals surface area (Å²) in [4.78, 5) is 69.8. The molecule has 1 atom stereocenters. The predicted octanol–water partition coefficient (Wildman–Crippen LogP) is 3.58. The molecular formula is C29H37N5O6. The molecule has 6 rings (SSSR count). The number of hydrogen-bond acceptors (Lipinski definition) is 7. The molecule has 2 bridgehead atoms. The summed E-state index contributed by atoms with van der Waals surface area (Å²) in [6.45, 7) is 7.82. The fraction of sp³-hybridized carbons (Fsp3) is 0.586. The van der Waals surface area contributed by atoms with Crippen LogP contribution in [0.25, 0.3) is 10.9 Å². The van der Waals surface area contributed by atoms with Crippen LogP contribution < -0.4 is 16.2 Å². The van der Waals surface area contributed by atoms with Crippen LogP contribution in [0.1, 0.15) is 84.0 Å². The number of para-hydroxylation sites is 1. The number of carbonyl (C=O) groups excluding carboxylic acids is 4. The summed E-state index contributed by atoms with van der Waals surface area (Å²) >= 11 is 0. The van der Waals surface area contributed by atoms with E-state index in [2.05, 4.69) is 15.6 Å². The lowest BCUT2D eigenvalue weighted by Gasteiger charge is -2.52. The highest BCUT2D eigenvalue weighted by molar-refractivity contribution is 6.01. The van der Waals surface area contributed by atoms with Crippen molar-refractivity contribution in [1.29, 1.82) is 0 Å². The lowest BCUT2D eigenvalue weighted by molar-refractivity contribution is -0.135. The zero-order valence-corrected chi connectivity index (χ0v) is 23.5. The van der Waals surface area contributed by atoms with Gasteiger partial charge in [0.1, 0.15) is 23.0 Å². The first-order valence-corrected chi connectivity index (χ1v) is 14.0. The van der Waals surface area contributed by atoms with Crippen molar-refractivity contribution in [1.82, 2.24) is 19.8 Å². The van der Waals surface area contributed by atoms with E-state index in [1.165, 1.54) is 4.57 Å². The Kier molecular flexibility index (Phi) is 7.18. The second kappa shape index (κ2) is 10.3. The van der Waals surface area contributed by atoms with E-state index < -0.39 is 23.1 Å². The topological polar surface area (TPSA) is 140 Å². The normalized spacial score (nSPS) is 24.6. The number of piperidine rings is 3. The summed E-state index contributed by atoms with van der Waals surface area (Å²) in [6, 6.07) is 4.37. The molecular weight excluding hydrogens is 514 g/mol. The number of ether oxygens (including phenoxy) is 1. The smallest absolute Gasteiger partial charge is 0.410 e. The third-order valence-corrected chi connectivity index (χ3v) is 8.38. The molecule has 2 aromatic rings. The minimum Gasteiger partial charge on any atom is -0.444 e. The largest absolute Gasteiger partial charge is 0.444 e. The van der Waals surface area contributed by atoms with Gasteiger partial charge in [-0.3, -0.25) is 29.1 Å². The second-order valence-corrected chi connectivity index (χ2v) is 12.4. The van der Waals surface area contributed by atoms with Gasteiger partial charge in [0.25, 0.3) is 5.56 Å². The van der Waals surface area contributed by atoms with Gasteiger partial charge in [-0.2, -0.15) is 0 Å². The Morgan fingerprint density at radius 3 is 2.55 bits per heavy atom. The quantitative estimate of drug-likeness (QED) is 0.542. The molecule has 0 spiro atoms. The van der Waals surface area contributed by atoms with E-state index in [1.54, 1.807) is 25.1 Å². The molecule has 1 unspecified atom stereocenters. The molecule has 3 saturated heterocycles. The Morgan fingerprint density at radius 2 is 1.88 bits per heavy atom. The second-order valence-electron chi connectivity index (χ2n) is 12.4. The van der Waals surface area contributed by atoms with Gasteiger partial charge in [-0.05, 0) is 83.8 Å². The van der Waals surface area contributed by atoms with E-state index in [-0.39, 0.29) is 54.0 Å². The molecule has 4 heterocycles. The summed E-state index contributed by atoms with van der Waals surface area (Å²) in [5.74, 6) is -0.738. The minimum atomic E-state index is -0.814. The standard InChI is InChI=1S/C29H37N5O6/c1-17-30-24-19(26(38)34(17)21-8-9-22(35)32-25(21)37)6-5-7-20(24)31-23(36)12-15-29-13-10-18(11-14-29)33(16-29)27(39)40-28(2,3)4/h5-7,18,21H,8-16H2,1-4H3,(H,31,36)(H,32,35,37). The van der Waals surface area contributed by atoms with Crippen LogP contribution in [0.4, 0.5) is 10.5 Å². The van der Waals surface area contributed by atoms with Crippen molar-refractivity contribution in [3.8, 4) is 0 Å². The first-order valence-electron chi connectivity index (χ1n) is 14.0. The summed E-state index contributed by atoms with van der Waals surface area (Å²) in [5.41, 5.74) is -0.288. The number of fused-ring (bicyclic) bond motifs is 4. The van der Waals surface area contributed by atoms with E-state index in [0.717, 1.165) is 25.7 Å². The number of nitrogens with one attached hydrogen (secondary N) is 2. The van der Waals surface area contributed by atoms with Crippen molar-refractivity contribution in [2.45, 2.75) is 96.7 Å². The van der Waals surface area contributed by atoms with Crippen LogP contribution in [0, 0.1) is 12.3 Å². The zero-order valence-electron chi connectivity index (χ0n) is 23.5. The molecule has 11 heteroatoms. The molecule has 1 aromatic heterocycles. The first kappa shape index (κ1) is 27.8. The Morgan fingerprint density at radius 1 is 1.15 bits per heavy atom. The molecule has 1 saturated carbocycles. The van der Waals surface area contributed by atoms with E-state index in [4.69, 9.17) is 4.74 Å². The molecule has 4 amide bonds. The van der Waals surface area contributed by atoms with Crippen molar-refractivity contribution in [3.05, 3.63) is 34.4 Å². The van der Waals surface area contributed by atoms with Crippen LogP contribution >= 0.6 is 0 Å². The number of aryl methyl sites for hydroxylation is 1. The number of aromatic nitrogens is 2. The van der Waals surface area contributed by atoms with Gasteiger partial charge >= 0.3 is 6.09 Å². The van der Waals surface area contributed by atoms with Crippen molar-refractivity contribution >= 4 is 40.4 Å².